The first-order valence-electron chi connectivity index (χ1n) is 8.35. The van der Waals surface area contributed by atoms with Crippen molar-refractivity contribution in [1.82, 2.24) is 0 Å². The van der Waals surface area contributed by atoms with Gasteiger partial charge in [-0.15, -0.1) is 0 Å². The van der Waals surface area contributed by atoms with Crippen molar-refractivity contribution in [1.29, 1.82) is 0 Å². The lowest BCUT2D eigenvalue weighted by Gasteiger charge is -2.20. The summed E-state index contributed by atoms with van der Waals surface area (Å²) in [5.74, 6) is -2.15. The molecule has 150 valence electrons. The Morgan fingerprint density at radius 2 is 2.07 bits per heavy atom. The summed E-state index contributed by atoms with van der Waals surface area (Å²) in [7, 11) is 0. The molecule has 0 fully saturated rings. The maximum atomic E-state index is 13.6. The fourth-order valence-electron chi connectivity index (χ4n) is 2.97. The number of halogens is 4. The number of hydrogen-bond acceptors (Lipinski definition) is 4. The average Bonchev–Trinajstić information content (AvgIpc) is 3.06. The quantitative estimate of drug-likeness (QED) is 0.529. The monoisotopic (exact) mass is 406 g/mol. The Labute approximate surface area is 162 Å². The van der Waals surface area contributed by atoms with Gasteiger partial charge in [-0.1, -0.05) is 18.2 Å². The smallest absolute Gasteiger partial charge is 0.407 e. The van der Waals surface area contributed by atoms with Crippen molar-refractivity contribution in [3.8, 4) is 5.75 Å². The minimum Gasteiger partial charge on any atom is -0.505 e. The van der Waals surface area contributed by atoms with Gasteiger partial charge in [0.25, 0.3) is 5.91 Å². The van der Waals surface area contributed by atoms with Gasteiger partial charge in [-0.3, -0.25) is 4.79 Å². The van der Waals surface area contributed by atoms with Crippen LogP contribution in [0.3, 0.4) is 0 Å². The third-order valence-electron chi connectivity index (χ3n) is 4.56. The Morgan fingerprint density at radius 1 is 1.34 bits per heavy atom. The normalized spacial score (nSPS) is 21.0. The van der Waals surface area contributed by atoms with Gasteiger partial charge >= 0.3 is 6.18 Å². The topological polar surface area (TPSA) is 78.4 Å². The van der Waals surface area contributed by atoms with Crippen molar-refractivity contribution in [3.63, 3.8) is 0 Å². The van der Waals surface area contributed by atoms with E-state index in [-0.39, 0.29) is 17.7 Å². The van der Waals surface area contributed by atoms with Gasteiger partial charge in [-0.05, 0) is 25.1 Å². The zero-order valence-electron chi connectivity index (χ0n) is 15.0. The molecule has 29 heavy (non-hydrogen) atoms. The summed E-state index contributed by atoms with van der Waals surface area (Å²) < 4.78 is 52.8. The maximum absolute atomic E-state index is 13.6. The van der Waals surface area contributed by atoms with E-state index < -0.39 is 46.5 Å². The number of benzene rings is 2. The molecule has 10 heteroatoms. The van der Waals surface area contributed by atoms with E-state index >= 15 is 0 Å². The third kappa shape index (κ3) is 3.89. The Balaban J connectivity index is 1.81. The highest BCUT2D eigenvalue weighted by Gasteiger charge is 2.42. The molecule has 2 atom stereocenters. The van der Waals surface area contributed by atoms with Crippen LogP contribution in [-0.4, -0.2) is 16.6 Å². The van der Waals surface area contributed by atoms with Crippen LogP contribution < -0.4 is 5.32 Å². The van der Waals surface area contributed by atoms with Crippen LogP contribution in [0.25, 0.3) is 4.85 Å². The van der Waals surface area contributed by atoms with Crippen molar-refractivity contribution in [2.24, 2.45) is 10.2 Å². The zero-order chi connectivity index (χ0) is 21.4. The number of rotatable bonds is 3. The average molecular weight is 406 g/mol. The summed E-state index contributed by atoms with van der Waals surface area (Å²) in [5.41, 5.74) is -3.16. The minimum atomic E-state index is -4.75. The molecular formula is C19H14F4N4O2. The molecule has 0 radical (unpaired) electrons. The number of hydrogen-bond donors (Lipinski definition) is 2. The summed E-state index contributed by atoms with van der Waals surface area (Å²) in [6, 6.07) is 5.95. The second kappa shape index (κ2) is 7.16. The van der Waals surface area contributed by atoms with Gasteiger partial charge in [0.15, 0.2) is 22.8 Å². The van der Waals surface area contributed by atoms with Crippen LogP contribution in [0.4, 0.5) is 28.9 Å². The van der Waals surface area contributed by atoms with Gasteiger partial charge in [-0.2, -0.15) is 23.4 Å². The van der Waals surface area contributed by atoms with E-state index in [0.29, 0.717) is 6.07 Å². The number of anilines is 1. The number of phenolic OH excluding ortho intramolecular Hbond substituents is 1. The maximum Gasteiger partial charge on any atom is 0.407 e. The Kier molecular flexibility index (Phi) is 5.00. The first kappa shape index (κ1) is 20.3. The fourth-order valence-corrected chi connectivity index (χ4v) is 2.97. The van der Waals surface area contributed by atoms with E-state index in [9.17, 15) is 27.5 Å². The minimum absolute atomic E-state index is 0.0118. The molecule has 2 aromatic carbocycles. The molecule has 0 saturated carbocycles. The van der Waals surface area contributed by atoms with E-state index in [1.165, 1.54) is 25.1 Å². The number of nitrogens with one attached hydrogen (secondary N) is 1. The van der Waals surface area contributed by atoms with Gasteiger partial charge in [0, 0.05) is 17.7 Å². The van der Waals surface area contributed by atoms with Crippen LogP contribution in [0.15, 0.2) is 46.6 Å². The molecule has 1 heterocycles. The van der Waals surface area contributed by atoms with Crippen molar-refractivity contribution in [2.75, 3.05) is 5.32 Å². The van der Waals surface area contributed by atoms with Gasteiger partial charge < -0.3 is 10.4 Å². The van der Waals surface area contributed by atoms with Crippen LogP contribution in [0.1, 0.15) is 30.5 Å². The van der Waals surface area contributed by atoms with Crippen LogP contribution in [0.5, 0.6) is 5.75 Å². The zero-order valence-corrected chi connectivity index (χ0v) is 15.0. The van der Waals surface area contributed by atoms with E-state index in [1.54, 1.807) is 0 Å². The summed E-state index contributed by atoms with van der Waals surface area (Å²) in [5, 5.41) is 20.0. The van der Waals surface area contributed by atoms with Crippen molar-refractivity contribution >= 4 is 17.3 Å². The van der Waals surface area contributed by atoms with Gasteiger partial charge in [0.05, 0.1) is 12.1 Å². The SMILES string of the molecule is [C-]#[N+]c1ccc(NC(=O)C2(C)CC(c3cccc(F)c3O)N=N2)cc1C(F)(F)F. The molecule has 1 aliphatic heterocycles. The third-order valence-corrected chi connectivity index (χ3v) is 4.56. The van der Waals surface area contributed by atoms with Crippen molar-refractivity contribution in [3.05, 3.63) is 64.8 Å². The van der Waals surface area contributed by atoms with Gasteiger partial charge in [-0.25, -0.2) is 9.24 Å². The number of alkyl halides is 3. The van der Waals surface area contributed by atoms with Gasteiger partial charge in [0.1, 0.15) is 6.04 Å². The lowest BCUT2D eigenvalue weighted by Crippen LogP contribution is -2.37. The van der Waals surface area contributed by atoms with Crippen LogP contribution in [-0.2, 0) is 11.0 Å². The van der Waals surface area contributed by atoms with Gasteiger partial charge in [0.2, 0.25) is 0 Å². The highest BCUT2D eigenvalue weighted by Crippen LogP contribution is 2.42. The second-order valence-corrected chi connectivity index (χ2v) is 6.68. The molecule has 0 aromatic heterocycles. The largest absolute Gasteiger partial charge is 0.505 e. The molecule has 0 bridgehead atoms. The van der Waals surface area contributed by atoms with Crippen molar-refractivity contribution in [2.45, 2.75) is 31.1 Å². The fraction of sp³-hybridized carbons (Fsp3) is 0.263. The number of para-hydroxylation sites is 1. The standard InChI is InChI=1S/C19H14F4N4O2/c1-18(9-15(26-27-18)11-4-3-5-13(20)16(11)28)17(29)25-10-6-7-14(24-2)12(8-10)19(21,22)23/h3-8,15,28H,9H2,1H3,(H,25,29). The molecule has 1 amide bonds. The highest BCUT2D eigenvalue weighted by molar-refractivity contribution is 5.98. The predicted molar refractivity (Wildman–Crippen MR) is 95.0 cm³/mol. The lowest BCUT2D eigenvalue weighted by atomic mass is 9.91. The molecule has 0 aliphatic carbocycles. The summed E-state index contributed by atoms with van der Waals surface area (Å²) in [6.07, 6.45) is -4.76. The van der Waals surface area contributed by atoms with Crippen molar-refractivity contribution < 1.29 is 27.5 Å². The summed E-state index contributed by atoms with van der Waals surface area (Å²) in [4.78, 5) is 15.5. The first-order valence-corrected chi connectivity index (χ1v) is 8.35. The molecule has 6 nitrogen and oxygen atoms in total. The molecule has 1 aliphatic rings. The molecule has 2 N–H and O–H groups in total. The van der Waals surface area contributed by atoms with E-state index in [1.807, 2.05) is 0 Å². The predicted octanol–water partition coefficient (Wildman–Crippen LogP) is 5.40. The number of aromatic hydroxyl groups is 1. The Hall–Kier alpha value is -3.48. The van der Waals surface area contributed by atoms with Crippen LogP contribution in [0, 0.1) is 12.4 Å². The van der Waals surface area contributed by atoms with Crippen LogP contribution >= 0.6 is 0 Å². The number of phenols is 1. The second-order valence-electron chi connectivity index (χ2n) is 6.68. The summed E-state index contributed by atoms with van der Waals surface area (Å²) in [6.45, 7) is 8.27. The molecular weight excluding hydrogens is 392 g/mol. The highest BCUT2D eigenvalue weighted by atomic mass is 19.4. The Morgan fingerprint density at radius 3 is 2.72 bits per heavy atom. The number of amides is 1. The molecule has 0 saturated heterocycles. The number of nitrogens with zero attached hydrogens (tertiary/aromatic N) is 3. The first-order chi connectivity index (χ1) is 13.5. The van der Waals surface area contributed by atoms with E-state index in [4.69, 9.17) is 6.57 Å². The number of carbonyl (C=O) groups excluding carboxylic acids is 1. The molecule has 3 rings (SSSR count). The Bertz CT molecular complexity index is 1050. The van der Waals surface area contributed by atoms with E-state index in [0.717, 1.165) is 12.1 Å². The van der Waals surface area contributed by atoms with Crippen LogP contribution in [0.2, 0.25) is 0 Å². The molecule has 2 unspecified atom stereocenters. The number of azo groups is 1. The number of carbonyl (C=O) groups is 1. The summed E-state index contributed by atoms with van der Waals surface area (Å²) >= 11 is 0. The molecule has 2 aromatic rings. The molecule has 0 spiro atoms. The van der Waals surface area contributed by atoms with E-state index in [2.05, 4.69) is 20.4 Å². The lowest BCUT2D eigenvalue weighted by molar-refractivity contribution is -0.136.